The summed E-state index contributed by atoms with van der Waals surface area (Å²) in [7, 11) is 0. The molecule has 92 valence electrons. The highest BCUT2D eigenvalue weighted by Gasteiger charge is 2.20. The Morgan fingerprint density at radius 3 is 2.67 bits per heavy atom. The molecule has 0 spiro atoms. The maximum Gasteiger partial charge on any atom is 0.199 e. The van der Waals surface area contributed by atoms with Gasteiger partial charge < -0.3 is 13.9 Å². The third-order valence-electron chi connectivity index (χ3n) is 2.71. The van der Waals surface area contributed by atoms with Crippen LogP contribution in [0, 0.1) is 0 Å². The molecule has 1 N–H and O–H groups in total. The molecule has 18 heavy (non-hydrogen) atoms. The summed E-state index contributed by atoms with van der Waals surface area (Å²) in [4.78, 5) is 0. The van der Waals surface area contributed by atoms with Gasteiger partial charge in [0, 0.05) is 16.0 Å². The molecule has 1 unspecified atom stereocenters. The van der Waals surface area contributed by atoms with Gasteiger partial charge in [0.2, 0.25) is 0 Å². The smallest absolute Gasteiger partial charge is 0.199 e. The van der Waals surface area contributed by atoms with Crippen molar-refractivity contribution in [1.82, 2.24) is 0 Å². The summed E-state index contributed by atoms with van der Waals surface area (Å²) in [5, 5.41) is 11.8. The van der Waals surface area contributed by atoms with Crippen LogP contribution in [0.2, 0.25) is 10.2 Å². The summed E-state index contributed by atoms with van der Waals surface area (Å²) in [6.07, 6.45) is 0.461. The van der Waals surface area contributed by atoms with E-state index in [-0.39, 0.29) is 5.22 Å². The lowest BCUT2D eigenvalue weighted by Crippen LogP contribution is -1.96. The van der Waals surface area contributed by atoms with E-state index in [1.807, 2.05) is 0 Å². The van der Waals surface area contributed by atoms with Crippen LogP contribution in [0.1, 0.15) is 17.4 Å². The van der Waals surface area contributed by atoms with Gasteiger partial charge in [0.25, 0.3) is 0 Å². The first-order chi connectivity index (χ1) is 8.65. The average Bonchev–Trinajstić information content (AvgIpc) is 2.93. The number of fused-ring (bicyclic) bond motifs is 1. The molecule has 0 aliphatic carbocycles. The van der Waals surface area contributed by atoms with Crippen molar-refractivity contribution in [2.45, 2.75) is 6.10 Å². The van der Waals surface area contributed by atoms with Gasteiger partial charge in [0.15, 0.2) is 5.22 Å². The number of benzene rings is 1. The fraction of sp³-hybridized carbons (Fsp3) is 0.0769. The molecule has 3 aromatic rings. The summed E-state index contributed by atoms with van der Waals surface area (Å²) >= 11 is 11.7. The van der Waals surface area contributed by atoms with Crippen LogP contribution in [0.4, 0.5) is 0 Å². The second-order valence-electron chi connectivity index (χ2n) is 3.88. The van der Waals surface area contributed by atoms with Crippen molar-refractivity contribution >= 4 is 34.2 Å². The number of aliphatic hydroxyl groups excluding tert-OH is 1. The molecular formula is C13H8Cl2O3. The Morgan fingerprint density at radius 2 is 1.94 bits per heavy atom. The number of halogens is 2. The highest BCUT2D eigenvalue weighted by atomic mass is 35.5. The van der Waals surface area contributed by atoms with Crippen LogP contribution in [0.25, 0.3) is 11.0 Å². The molecule has 5 heteroatoms. The van der Waals surface area contributed by atoms with Crippen LogP contribution in [0.3, 0.4) is 0 Å². The van der Waals surface area contributed by atoms with Crippen molar-refractivity contribution < 1.29 is 13.9 Å². The molecule has 0 bridgehead atoms. The molecule has 0 amide bonds. The Kier molecular flexibility index (Phi) is 2.82. The number of aliphatic hydroxyl groups is 1. The van der Waals surface area contributed by atoms with E-state index in [4.69, 9.17) is 32.0 Å². The molecule has 3 nitrogen and oxygen atoms in total. The predicted octanol–water partition coefficient (Wildman–Crippen LogP) is 4.41. The zero-order chi connectivity index (χ0) is 12.7. The van der Waals surface area contributed by atoms with Crippen molar-refractivity contribution in [3.8, 4) is 0 Å². The van der Waals surface area contributed by atoms with Crippen molar-refractivity contribution in [3.63, 3.8) is 0 Å². The van der Waals surface area contributed by atoms with Crippen molar-refractivity contribution in [2.24, 2.45) is 0 Å². The quantitative estimate of drug-likeness (QED) is 0.757. The van der Waals surface area contributed by atoms with Gasteiger partial charge in [0.1, 0.15) is 17.4 Å². The van der Waals surface area contributed by atoms with Crippen molar-refractivity contribution in [3.05, 3.63) is 58.2 Å². The monoisotopic (exact) mass is 282 g/mol. The van der Waals surface area contributed by atoms with Crippen LogP contribution < -0.4 is 0 Å². The largest absolute Gasteiger partial charge is 0.458 e. The van der Waals surface area contributed by atoms with Gasteiger partial charge in [-0.05, 0) is 41.9 Å². The average molecular weight is 283 g/mol. The Morgan fingerprint density at radius 1 is 1.11 bits per heavy atom. The van der Waals surface area contributed by atoms with E-state index >= 15 is 0 Å². The molecule has 0 aliphatic rings. The summed E-state index contributed by atoms with van der Waals surface area (Å²) in [5.41, 5.74) is 1.13. The van der Waals surface area contributed by atoms with Crippen LogP contribution in [-0.2, 0) is 0 Å². The molecule has 0 saturated carbocycles. The summed E-state index contributed by atoms with van der Waals surface area (Å²) in [6.45, 7) is 0. The van der Waals surface area contributed by atoms with Gasteiger partial charge in [-0.3, -0.25) is 0 Å². The molecule has 0 fully saturated rings. The number of hydrogen-bond donors (Lipinski definition) is 1. The summed E-state index contributed by atoms with van der Waals surface area (Å²) < 4.78 is 10.5. The van der Waals surface area contributed by atoms with Gasteiger partial charge in [-0.2, -0.15) is 0 Å². The highest BCUT2D eigenvalue weighted by Crippen LogP contribution is 2.33. The predicted molar refractivity (Wildman–Crippen MR) is 69.0 cm³/mol. The lowest BCUT2D eigenvalue weighted by atomic mass is 10.1. The van der Waals surface area contributed by atoms with Crippen LogP contribution in [-0.4, -0.2) is 5.11 Å². The van der Waals surface area contributed by atoms with Crippen LogP contribution >= 0.6 is 23.2 Å². The second-order valence-corrected chi connectivity index (χ2v) is 4.66. The summed E-state index contributed by atoms with van der Waals surface area (Å²) in [5.74, 6) is 0.399. The van der Waals surface area contributed by atoms with Crippen molar-refractivity contribution in [2.75, 3.05) is 0 Å². The normalized spacial score (nSPS) is 13.1. The molecule has 2 heterocycles. The summed E-state index contributed by atoms with van der Waals surface area (Å²) in [6, 6.07) is 8.59. The van der Waals surface area contributed by atoms with Crippen LogP contribution in [0.15, 0.2) is 45.4 Å². The molecule has 0 aliphatic heterocycles. The van der Waals surface area contributed by atoms with Gasteiger partial charge in [-0.25, -0.2) is 0 Å². The van der Waals surface area contributed by atoms with E-state index in [2.05, 4.69) is 0 Å². The lowest BCUT2D eigenvalue weighted by Gasteiger charge is -2.04. The van der Waals surface area contributed by atoms with Gasteiger partial charge in [-0.1, -0.05) is 11.6 Å². The van der Waals surface area contributed by atoms with Crippen LogP contribution in [0.5, 0.6) is 0 Å². The first-order valence-corrected chi connectivity index (χ1v) is 6.00. The van der Waals surface area contributed by atoms with Gasteiger partial charge in [0.05, 0.1) is 6.26 Å². The maximum absolute atomic E-state index is 10.2. The first-order valence-electron chi connectivity index (χ1n) is 5.25. The zero-order valence-electron chi connectivity index (χ0n) is 9.06. The molecule has 2 aromatic heterocycles. The molecule has 1 atom stereocenters. The first kappa shape index (κ1) is 11.7. The van der Waals surface area contributed by atoms with E-state index in [1.54, 1.807) is 30.3 Å². The Bertz CT molecular complexity index is 699. The molecular weight excluding hydrogens is 275 g/mol. The minimum atomic E-state index is -0.956. The fourth-order valence-electron chi connectivity index (χ4n) is 1.82. The van der Waals surface area contributed by atoms with E-state index in [0.717, 1.165) is 5.39 Å². The Hall–Kier alpha value is -1.42. The molecule has 0 radical (unpaired) electrons. The second kappa shape index (κ2) is 4.35. The SMILES string of the molecule is OC(c1cc2cc(Cl)ccc2o1)c1ccoc1Cl. The lowest BCUT2D eigenvalue weighted by molar-refractivity contribution is 0.191. The van der Waals surface area contributed by atoms with E-state index < -0.39 is 6.10 Å². The van der Waals surface area contributed by atoms with Gasteiger partial charge >= 0.3 is 0 Å². The molecule has 3 rings (SSSR count). The zero-order valence-corrected chi connectivity index (χ0v) is 10.6. The fourth-order valence-corrected chi connectivity index (χ4v) is 2.22. The molecule has 1 aromatic carbocycles. The standard InChI is InChI=1S/C13H8Cl2O3/c14-8-1-2-10-7(5-8)6-11(18-10)12(16)9-3-4-17-13(9)15/h1-6,12,16H. The maximum atomic E-state index is 10.2. The topological polar surface area (TPSA) is 46.5 Å². The number of rotatable bonds is 2. The van der Waals surface area contributed by atoms with E-state index in [9.17, 15) is 5.11 Å². The minimum Gasteiger partial charge on any atom is -0.458 e. The third-order valence-corrected chi connectivity index (χ3v) is 3.25. The van der Waals surface area contributed by atoms with Gasteiger partial charge in [-0.15, -0.1) is 0 Å². The van der Waals surface area contributed by atoms with E-state index in [1.165, 1.54) is 6.26 Å². The Balaban J connectivity index is 2.07. The van der Waals surface area contributed by atoms with Crippen molar-refractivity contribution in [1.29, 1.82) is 0 Å². The molecule has 0 saturated heterocycles. The number of furan rings is 2. The third kappa shape index (κ3) is 1.90. The highest BCUT2D eigenvalue weighted by molar-refractivity contribution is 6.31. The number of hydrogen-bond acceptors (Lipinski definition) is 3. The van der Waals surface area contributed by atoms with E-state index in [0.29, 0.717) is 21.9 Å². The Labute approximate surface area is 113 Å². The minimum absolute atomic E-state index is 0.154.